The molecule has 4 unspecified atom stereocenters. The van der Waals surface area contributed by atoms with Gasteiger partial charge in [-0.3, -0.25) is 0 Å². The first kappa shape index (κ1) is 11.0. The maximum atomic E-state index is 5.77. The predicted molar refractivity (Wildman–Crippen MR) is 68.8 cm³/mol. The Kier molecular flexibility index (Phi) is 2.31. The average molecular weight is 246 g/mol. The Balaban J connectivity index is 1.64. The molecule has 0 amide bonds. The molecule has 0 saturated heterocycles. The van der Waals surface area contributed by atoms with Gasteiger partial charge in [0.1, 0.15) is 11.6 Å². The van der Waals surface area contributed by atoms with E-state index in [0.29, 0.717) is 6.54 Å². The molecule has 1 heterocycles. The van der Waals surface area contributed by atoms with Crippen molar-refractivity contribution >= 4 is 0 Å². The number of nitrogens with two attached hydrogens (primary N) is 1. The lowest BCUT2D eigenvalue weighted by Crippen LogP contribution is -2.12. The third kappa shape index (κ3) is 1.30. The third-order valence-corrected chi connectivity index (χ3v) is 5.52. The van der Waals surface area contributed by atoms with Gasteiger partial charge in [0.05, 0.1) is 6.54 Å². The van der Waals surface area contributed by atoms with Gasteiger partial charge in [0, 0.05) is 12.5 Å². The fourth-order valence-corrected chi connectivity index (χ4v) is 4.88. The van der Waals surface area contributed by atoms with E-state index in [1.807, 2.05) is 0 Å². The summed E-state index contributed by atoms with van der Waals surface area (Å²) in [5.41, 5.74) is 5.77. The highest BCUT2D eigenvalue weighted by Gasteiger charge is 2.66. The lowest BCUT2D eigenvalue weighted by atomic mass is 10.0. The van der Waals surface area contributed by atoms with Crippen LogP contribution in [-0.2, 0) is 13.1 Å². The minimum atomic E-state index is 0.516. The maximum absolute atomic E-state index is 5.77. The molecule has 3 aliphatic carbocycles. The zero-order chi connectivity index (χ0) is 12.3. The summed E-state index contributed by atoms with van der Waals surface area (Å²) in [6, 6.07) is 0. The molecule has 18 heavy (non-hydrogen) atoms. The first-order valence-corrected chi connectivity index (χ1v) is 7.47. The molecule has 2 N–H and O–H groups in total. The molecule has 3 aliphatic rings. The van der Waals surface area contributed by atoms with E-state index in [9.17, 15) is 0 Å². The Morgan fingerprint density at radius 1 is 1.22 bits per heavy atom. The molecule has 4 rings (SSSR count). The van der Waals surface area contributed by atoms with Gasteiger partial charge >= 0.3 is 0 Å². The summed E-state index contributed by atoms with van der Waals surface area (Å²) < 4.78 is 2.31. The number of fused-ring (bicyclic) bond motifs is 5. The van der Waals surface area contributed by atoms with Crippen LogP contribution in [0.25, 0.3) is 0 Å². The van der Waals surface area contributed by atoms with Crippen molar-refractivity contribution in [2.24, 2.45) is 29.4 Å². The molecule has 4 heteroatoms. The van der Waals surface area contributed by atoms with Crippen molar-refractivity contribution in [1.82, 2.24) is 14.8 Å². The van der Waals surface area contributed by atoms with Crippen molar-refractivity contribution < 1.29 is 0 Å². The number of hydrogen-bond donors (Lipinski definition) is 1. The highest BCUT2D eigenvalue weighted by molar-refractivity contribution is 5.25. The van der Waals surface area contributed by atoms with Crippen LogP contribution in [0, 0.1) is 23.7 Å². The summed E-state index contributed by atoms with van der Waals surface area (Å²) in [6.45, 7) is 3.75. The Hall–Kier alpha value is -0.900. The predicted octanol–water partition coefficient (Wildman–Crippen LogP) is 1.91. The molecule has 1 aromatic heterocycles. The van der Waals surface area contributed by atoms with Crippen molar-refractivity contribution in [2.75, 3.05) is 0 Å². The Morgan fingerprint density at radius 2 is 1.94 bits per heavy atom. The highest BCUT2D eigenvalue weighted by Crippen LogP contribution is 2.72. The van der Waals surface area contributed by atoms with Crippen molar-refractivity contribution in [1.29, 1.82) is 0 Å². The first-order valence-electron chi connectivity index (χ1n) is 7.47. The standard InChI is InChI=1S/C14H22N4/c1-2-5-18-10(7-15)16-17-14(18)13-11-8-3-4-9(6-8)12(11)13/h8-9,11-13H,2-7,15H2,1H3. The smallest absolute Gasteiger partial charge is 0.146 e. The second kappa shape index (κ2) is 3.80. The van der Waals surface area contributed by atoms with Gasteiger partial charge in [-0.05, 0) is 49.4 Å². The van der Waals surface area contributed by atoms with Gasteiger partial charge in [-0.2, -0.15) is 0 Å². The summed E-state index contributed by atoms with van der Waals surface area (Å²) in [4.78, 5) is 0. The highest BCUT2D eigenvalue weighted by atomic mass is 15.3. The number of rotatable bonds is 4. The molecule has 0 radical (unpaired) electrons. The Morgan fingerprint density at radius 3 is 2.56 bits per heavy atom. The van der Waals surface area contributed by atoms with Crippen molar-refractivity contribution in [3.8, 4) is 0 Å². The second-order valence-corrected chi connectivity index (χ2v) is 6.34. The molecule has 0 spiro atoms. The molecule has 2 bridgehead atoms. The van der Waals surface area contributed by atoms with Crippen molar-refractivity contribution in [2.45, 2.75) is 51.6 Å². The van der Waals surface area contributed by atoms with E-state index in [1.165, 1.54) is 25.1 Å². The SMILES string of the molecule is CCCn1c(CN)nnc1C1C2C3CCC(C3)C12. The molecule has 3 fully saturated rings. The molecule has 4 nitrogen and oxygen atoms in total. The zero-order valence-electron chi connectivity index (χ0n) is 11.0. The fourth-order valence-electron chi connectivity index (χ4n) is 4.88. The number of nitrogens with zero attached hydrogens (tertiary/aromatic N) is 3. The van der Waals surface area contributed by atoms with E-state index in [4.69, 9.17) is 5.73 Å². The third-order valence-electron chi connectivity index (χ3n) is 5.52. The molecule has 3 saturated carbocycles. The molecular formula is C14H22N4. The fraction of sp³-hybridized carbons (Fsp3) is 0.857. The van der Waals surface area contributed by atoms with Gasteiger partial charge in [0.15, 0.2) is 0 Å². The normalized spacial score (nSPS) is 40.2. The first-order chi connectivity index (χ1) is 8.85. The van der Waals surface area contributed by atoms with Crippen LogP contribution in [0.3, 0.4) is 0 Å². The van der Waals surface area contributed by atoms with Gasteiger partial charge in [-0.25, -0.2) is 0 Å². The topological polar surface area (TPSA) is 56.7 Å². The monoisotopic (exact) mass is 246 g/mol. The molecule has 1 aromatic rings. The average Bonchev–Trinajstić information content (AvgIpc) is 2.77. The summed E-state index contributed by atoms with van der Waals surface area (Å²) >= 11 is 0. The van der Waals surface area contributed by atoms with Gasteiger partial charge < -0.3 is 10.3 Å². The summed E-state index contributed by atoms with van der Waals surface area (Å²) in [5, 5.41) is 8.78. The molecule has 0 aromatic carbocycles. The van der Waals surface area contributed by atoms with Gasteiger partial charge in [-0.15, -0.1) is 10.2 Å². The van der Waals surface area contributed by atoms with Crippen LogP contribution in [0.15, 0.2) is 0 Å². The molecular weight excluding hydrogens is 224 g/mol. The lowest BCUT2D eigenvalue weighted by Gasteiger charge is -2.11. The van der Waals surface area contributed by atoms with E-state index in [-0.39, 0.29) is 0 Å². The summed E-state index contributed by atoms with van der Waals surface area (Å²) in [5.74, 6) is 6.82. The van der Waals surface area contributed by atoms with E-state index in [0.717, 1.165) is 48.4 Å². The number of hydrogen-bond acceptors (Lipinski definition) is 3. The Labute approximate surface area is 108 Å². The minimum Gasteiger partial charge on any atom is -0.324 e. The van der Waals surface area contributed by atoms with Gasteiger partial charge in [0.2, 0.25) is 0 Å². The minimum absolute atomic E-state index is 0.516. The maximum Gasteiger partial charge on any atom is 0.146 e. The van der Waals surface area contributed by atoms with E-state index in [2.05, 4.69) is 21.7 Å². The molecule has 98 valence electrons. The van der Waals surface area contributed by atoms with Crippen LogP contribution in [0.4, 0.5) is 0 Å². The lowest BCUT2D eigenvalue weighted by molar-refractivity contribution is 0.456. The van der Waals surface area contributed by atoms with Crippen LogP contribution >= 0.6 is 0 Å². The number of aromatic nitrogens is 3. The zero-order valence-corrected chi connectivity index (χ0v) is 11.0. The van der Waals surface area contributed by atoms with Crippen LogP contribution < -0.4 is 5.73 Å². The Bertz CT molecular complexity index is 450. The van der Waals surface area contributed by atoms with Crippen molar-refractivity contribution in [3.63, 3.8) is 0 Å². The van der Waals surface area contributed by atoms with Gasteiger partial charge in [0.25, 0.3) is 0 Å². The molecule has 0 aliphatic heterocycles. The van der Waals surface area contributed by atoms with Crippen molar-refractivity contribution in [3.05, 3.63) is 11.6 Å². The van der Waals surface area contributed by atoms with Crippen LogP contribution in [-0.4, -0.2) is 14.8 Å². The van der Waals surface area contributed by atoms with E-state index in [1.54, 1.807) is 0 Å². The van der Waals surface area contributed by atoms with E-state index >= 15 is 0 Å². The summed E-state index contributed by atoms with van der Waals surface area (Å²) in [6.07, 6.45) is 5.56. The quantitative estimate of drug-likeness (QED) is 0.883. The van der Waals surface area contributed by atoms with Gasteiger partial charge in [-0.1, -0.05) is 6.92 Å². The summed E-state index contributed by atoms with van der Waals surface area (Å²) in [7, 11) is 0. The molecule has 4 atom stereocenters. The largest absolute Gasteiger partial charge is 0.324 e. The van der Waals surface area contributed by atoms with Crippen LogP contribution in [0.1, 0.15) is 50.2 Å². The van der Waals surface area contributed by atoms with Crippen LogP contribution in [0.2, 0.25) is 0 Å². The van der Waals surface area contributed by atoms with Crippen LogP contribution in [0.5, 0.6) is 0 Å². The van der Waals surface area contributed by atoms with E-state index < -0.39 is 0 Å². The second-order valence-electron chi connectivity index (χ2n) is 6.34.